The van der Waals surface area contributed by atoms with E-state index in [0.29, 0.717) is 12.0 Å². The fraction of sp³-hybridized carbons (Fsp3) is 0.684. The molecule has 120 valence electrons. The molecule has 1 N–H and O–H groups in total. The van der Waals surface area contributed by atoms with Gasteiger partial charge in [0.2, 0.25) is 0 Å². The molecule has 0 aliphatic heterocycles. The Labute approximate surface area is 131 Å². The number of nitrogens with one attached hydrogen (secondary N) is 1. The van der Waals surface area contributed by atoms with Gasteiger partial charge in [0.1, 0.15) is 0 Å². The summed E-state index contributed by atoms with van der Waals surface area (Å²) in [4.78, 5) is 0. The Hall–Kier alpha value is -0.860. The van der Waals surface area contributed by atoms with Crippen LogP contribution in [0.5, 0.6) is 0 Å². The zero-order chi connectivity index (χ0) is 15.9. The molecule has 0 radical (unpaired) electrons. The zero-order valence-corrected chi connectivity index (χ0v) is 14.7. The summed E-state index contributed by atoms with van der Waals surface area (Å²) >= 11 is 0. The third kappa shape index (κ3) is 7.10. The van der Waals surface area contributed by atoms with Crippen LogP contribution in [0.15, 0.2) is 24.3 Å². The average Bonchev–Trinajstić information content (AvgIpc) is 2.44. The number of rotatable bonds is 9. The van der Waals surface area contributed by atoms with E-state index >= 15 is 0 Å². The minimum absolute atomic E-state index is 0.0260. The highest BCUT2D eigenvalue weighted by molar-refractivity contribution is 5.26. The quantitative estimate of drug-likeness (QED) is 0.730. The van der Waals surface area contributed by atoms with Gasteiger partial charge in [0, 0.05) is 13.2 Å². The molecule has 0 bridgehead atoms. The summed E-state index contributed by atoms with van der Waals surface area (Å²) in [6.45, 7) is 12.1. The molecule has 1 aromatic carbocycles. The predicted molar refractivity (Wildman–Crippen MR) is 91.8 cm³/mol. The van der Waals surface area contributed by atoms with Crippen molar-refractivity contribution in [1.29, 1.82) is 0 Å². The Bertz CT molecular complexity index is 412. The summed E-state index contributed by atoms with van der Waals surface area (Å²) in [6.07, 6.45) is 3.43. The van der Waals surface area contributed by atoms with Gasteiger partial charge in [-0.05, 0) is 63.6 Å². The lowest BCUT2D eigenvalue weighted by Gasteiger charge is -2.27. The Morgan fingerprint density at radius 2 is 1.86 bits per heavy atom. The molecule has 0 spiro atoms. The molecule has 1 unspecified atom stereocenters. The molecule has 0 aromatic heterocycles. The Morgan fingerprint density at radius 1 is 1.19 bits per heavy atom. The molecule has 0 aliphatic carbocycles. The lowest BCUT2D eigenvalue weighted by Crippen LogP contribution is -2.32. The van der Waals surface area contributed by atoms with Crippen molar-refractivity contribution in [1.82, 2.24) is 5.32 Å². The number of aryl methyl sites for hydroxylation is 1. The molecular weight excluding hydrogens is 258 g/mol. The van der Waals surface area contributed by atoms with E-state index < -0.39 is 0 Å². The van der Waals surface area contributed by atoms with Crippen molar-refractivity contribution in [2.75, 3.05) is 13.7 Å². The normalized spacial score (nSPS) is 13.7. The third-order valence-electron chi connectivity index (χ3n) is 4.29. The SMILES string of the molecule is COC(C)(C)CCC(CNC(C)C)Cc1ccccc1C. The molecular formula is C19H33NO. The lowest BCUT2D eigenvalue weighted by atomic mass is 9.88. The third-order valence-corrected chi connectivity index (χ3v) is 4.29. The smallest absolute Gasteiger partial charge is 0.0622 e. The van der Waals surface area contributed by atoms with Crippen molar-refractivity contribution in [2.24, 2.45) is 5.92 Å². The minimum atomic E-state index is -0.0260. The predicted octanol–water partition coefficient (Wildman–Crippen LogP) is 4.36. The molecule has 0 amide bonds. The van der Waals surface area contributed by atoms with E-state index in [1.807, 2.05) is 7.11 Å². The first-order chi connectivity index (χ1) is 9.84. The molecule has 0 saturated carbocycles. The Balaban J connectivity index is 2.66. The highest BCUT2D eigenvalue weighted by Gasteiger charge is 2.20. The first-order valence-electron chi connectivity index (χ1n) is 8.17. The van der Waals surface area contributed by atoms with E-state index in [2.05, 4.69) is 64.2 Å². The van der Waals surface area contributed by atoms with E-state index in [-0.39, 0.29) is 5.60 Å². The van der Waals surface area contributed by atoms with Crippen LogP contribution in [0.25, 0.3) is 0 Å². The van der Waals surface area contributed by atoms with Crippen molar-refractivity contribution >= 4 is 0 Å². The summed E-state index contributed by atoms with van der Waals surface area (Å²) in [6, 6.07) is 9.28. The van der Waals surface area contributed by atoms with E-state index in [1.54, 1.807) is 0 Å². The molecule has 1 rings (SSSR count). The van der Waals surface area contributed by atoms with Crippen LogP contribution in [0.2, 0.25) is 0 Å². The van der Waals surface area contributed by atoms with Crippen LogP contribution < -0.4 is 5.32 Å². The van der Waals surface area contributed by atoms with Crippen molar-refractivity contribution in [2.45, 2.75) is 65.5 Å². The first kappa shape index (κ1) is 18.2. The first-order valence-corrected chi connectivity index (χ1v) is 8.17. The van der Waals surface area contributed by atoms with Crippen molar-refractivity contribution in [3.63, 3.8) is 0 Å². The van der Waals surface area contributed by atoms with Crippen LogP contribution in [0.4, 0.5) is 0 Å². The van der Waals surface area contributed by atoms with Gasteiger partial charge in [-0.3, -0.25) is 0 Å². The standard InChI is InChI=1S/C19H33NO/c1-15(2)20-14-17(11-12-19(4,5)21-6)13-18-10-8-7-9-16(18)3/h7-10,15,17,20H,11-14H2,1-6H3. The summed E-state index contributed by atoms with van der Waals surface area (Å²) in [7, 11) is 1.81. The number of benzene rings is 1. The molecule has 0 saturated heterocycles. The van der Waals surface area contributed by atoms with Gasteiger partial charge in [-0.2, -0.15) is 0 Å². The average molecular weight is 291 g/mol. The fourth-order valence-corrected chi connectivity index (χ4v) is 2.48. The fourth-order valence-electron chi connectivity index (χ4n) is 2.48. The van der Waals surface area contributed by atoms with Crippen LogP contribution >= 0.6 is 0 Å². The molecule has 21 heavy (non-hydrogen) atoms. The molecule has 0 fully saturated rings. The van der Waals surface area contributed by atoms with Crippen molar-refractivity contribution < 1.29 is 4.74 Å². The topological polar surface area (TPSA) is 21.3 Å². The van der Waals surface area contributed by atoms with Crippen LogP contribution in [-0.4, -0.2) is 25.3 Å². The van der Waals surface area contributed by atoms with Gasteiger partial charge >= 0.3 is 0 Å². The van der Waals surface area contributed by atoms with E-state index in [9.17, 15) is 0 Å². The Morgan fingerprint density at radius 3 is 2.43 bits per heavy atom. The molecule has 0 heterocycles. The number of ether oxygens (including phenoxy) is 1. The maximum atomic E-state index is 5.57. The maximum Gasteiger partial charge on any atom is 0.0622 e. The van der Waals surface area contributed by atoms with Gasteiger partial charge in [0.15, 0.2) is 0 Å². The molecule has 2 nitrogen and oxygen atoms in total. The van der Waals surface area contributed by atoms with Crippen LogP contribution in [-0.2, 0) is 11.2 Å². The summed E-state index contributed by atoms with van der Waals surface area (Å²) in [5, 5.41) is 3.60. The van der Waals surface area contributed by atoms with E-state index in [0.717, 1.165) is 19.4 Å². The highest BCUT2D eigenvalue weighted by Crippen LogP contribution is 2.23. The number of hydrogen-bond donors (Lipinski definition) is 1. The summed E-state index contributed by atoms with van der Waals surface area (Å²) < 4.78 is 5.57. The molecule has 2 heteroatoms. The largest absolute Gasteiger partial charge is 0.379 e. The van der Waals surface area contributed by atoms with Gasteiger partial charge in [0.25, 0.3) is 0 Å². The van der Waals surface area contributed by atoms with E-state index in [4.69, 9.17) is 4.74 Å². The van der Waals surface area contributed by atoms with E-state index in [1.165, 1.54) is 17.5 Å². The van der Waals surface area contributed by atoms with Gasteiger partial charge in [-0.1, -0.05) is 38.1 Å². The van der Waals surface area contributed by atoms with Crippen molar-refractivity contribution in [3.05, 3.63) is 35.4 Å². The van der Waals surface area contributed by atoms with Crippen LogP contribution in [0.1, 0.15) is 51.7 Å². The van der Waals surface area contributed by atoms with Gasteiger partial charge in [-0.25, -0.2) is 0 Å². The molecule has 0 aliphatic rings. The van der Waals surface area contributed by atoms with Gasteiger partial charge in [-0.15, -0.1) is 0 Å². The molecule has 1 aromatic rings. The second-order valence-electron chi connectivity index (χ2n) is 7.06. The summed E-state index contributed by atoms with van der Waals surface area (Å²) in [5.74, 6) is 0.655. The zero-order valence-electron chi connectivity index (χ0n) is 14.7. The summed E-state index contributed by atoms with van der Waals surface area (Å²) in [5.41, 5.74) is 2.85. The maximum absolute atomic E-state index is 5.57. The molecule has 1 atom stereocenters. The minimum Gasteiger partial charge on any atom is -0.379 e. The second-order valence-corrected chi connectivity index (χ2v) is 7.06. The van der Waals surface area contributed by atoms with Crippen LogP contribution in [0.3, 0.4) is 0 Å². The second kappa shape index (κ2) is 8.55. The Kier molecular flexibility index (Phi) is 7.41. The highest BCUT2D eigenvalue weighted by atomic mass is 16.5. The number of hydrogen-bond acceptors (Lipinski definition) is 2. The number of methoxy groups -OCH3 is 1. The monoisotopic (exact) mass is 291 g/mol. The van der Waals surface area contributed by atoms with Gasteiger partial charge < -0.3 is 10.1 Å². The lowest BCUT2D eigenvalue weighted by molar-refractivity contribution is 0.0103. The van der Waals surface area contributed by atoms with Crippen molar-refractivity contribution in [3.8, 4) is 0 Å². The van der Waals surface area contributed by atoms with Crippen LogP contribution in [0, 0.1) is 12.8 Å². The van der Waals surface area contributed by atoms with Gasteiger partial charge in [0.05, 0.1) is 5.60 Å².